The minimum Gasteiger partial charge on any atom is -0.479 e. The number of anilines is 1. The Morgan fingerprint density at radius 2 is 1.88 bits per heavy atom. The topological polar surface area (TPSA) is 77.8 Å². The van der Waals surface area contributed by atoms with Crippen molar-refractivity contribution < 1.29 is 9.13 Å². The van der Waals surface area contributed by atoms with Crippen LogP contribution in [-0.2, 0) is 12.0 Å². The molecule has 168 valence electrons. The van der Waals surface area contributed by atoms with E-state index in [0.29, 0.717) is 17.3 Å². The van der Waals surface area contributed by atoms with E-state index in [0.717, 1.165) is 47.6 Å². The molecule has 5 rings (SSSR count). The maximum atomic E-state index is 13.4. The molecule has 0 radical (unpaired) electrons. The maximum Gasteiger partial charge on any atom is 0.238 e. The average Bonchev–Trinajstić information content (AvgIpc) is 3.49. The van der Waals surface area contributed by atoms with Gasteiger partial charge in [0, 0.05) is 6.20 Å². The van der Waals surface area contributed by atoms with Crippen molar-refractivity contribution in [2.75, 3.05) is 12.4 Å². The van der Waals surface area contributed by atoms with Crippen LogP contribution in [0.4, 0.5) is 10.2 Å². The number of hydrogen-bond acceptors (Lipinski definition) is 6. The fourth-order valence-corrected chi connectivity index (χ4v) is 4.01. The number of ether oxygens (including phenoxy) is 1. The molecule has 1 saturated carbocycles. The van der Waals surface area contributed by atoms with Gasteiger partial charge in [0.2, 0.25) is 5.88 Å². The lowest BCUT2D eigenvalue weighted by molar-refractivity contribution is 0.396. The molecule has 0 unspecified atom stereocenters. The van der Waals surface area contributed by atoms with Crippen LogP contribution >= 0.6 is 0 Å². The first kappa shape index (κ1) is 21.1. The van der Waals surface area contributed by atoms with Crippen LogP contribution in [0.25, 0.3) is 17.1 Å². The van der Waals surface area contributed by atoms with Crippen LogP contribution in [0.1, 0.15) is 36.6 Å². The summed E-state index contributed by atoms with van der Waals surface area (Å²) in [6.07, 6.45) is 6.38. The molecule has 33 heavy (non-hydrogen) atoms. The lowest BCUT2D eigenvalue weighted by atomic mass is 10.0. The number of methoxy groups -OCH3 is 1. The summed E-state index contributed by atoms with van der Waals surface area (Å²) in [5.41, 5.74) is 4.98. The van der Waals surface area contributed by atoms with Gasteiger partial charge in [0.15, 0.2) is 5.82 Å². The summed E-state index contributed by atoms with van der Waals surface area (Å²) >= 11 is 0. The third-order valence-electron chi connectivity index (χ3n) is 6.04. The van der Waals surface area contributed by atoms with E-state index in [4.69, 9.17) is 4.74 Å². The molecule has 1 aromatic carbocycles. The highest BCUT2D eigenvalue weighted by molar-refractivity contribution is 5.62. The number of rotatable bonds is 7. The Balaban J connectivity index is 1.44. The number of halogens is 1. The smallest absolute Gasteiger partial charge is 0.238 e. The van der Waals surface area contributed by atoms with Gasteiger partial charge in [0.05, 0.1) is 30.4 Å². The Bertz CT molecular complexity index is 1300. The summed E-state index contributed by atoms with van der Waals surface area (Å²) in [5, 5.41) is 12.5. The quantitative estimate of drug-likeness (QED) is 0.439. The van der Waals surface area contributed by atoms with Crippen molar-refractivity contribution >= 4 is 5.82 Å². The maximum absolute atomic E-state index is 13.4. The molecule has 3 heterocycles. The fraction of sp³-hybridized carbons (Fsp3) is 0.280. The Labute approximate surface area is 191 Å². The number of hydrogen-bond donors (Lipinski definition) is 1. The van der Waals surface area contributed by atoms with Crippen LogP contribution < -0.4 is 10.1 Å². The third kappa shape index (κ3) is 4.04. The van der Waals surface area contributed by atoms with Crippen LogP contribution in [0.5, 0.6) is 5.88 Å². The molecule has 1 aliphatic rings. The molecule has 8 heteroatoms. The molecule has 1 fully saturated rings. The van der Waals surface area contributed by atoms with Crippen molar-refractivity contribution in [3.05, 3.63) is 77.6 Å². The predicted octanol–water partition coefficient (Wildman–Crippen LogP) is 4.84. The van der Waals surface area contributed by atoms with E-state index in [1.165, 1.54) is 12.1 Å². The van der Waals surface area contributed by atoms with Crippen molar-refractivity contribution in [2.45, 2.75) is 38.6 Å². The SMILES string of the molecule is CCc1cc(-c2ccc(-n3cnc(C)c3)c(OC)n2)nnc1NC1(c2ccc(F)cc2)CC1. The van der Waals surface area contributed by atoms with E-state index in [1.54, 1.807) is 13.4 Å². The molecule has 0 spiro atoms. The number of nitrogens with one attached hydrogen (secondary N) is 1. The third-order valence-corrected chi connectivity index (χ3v) is 6.04. The van der Waals surface area contributed by atoms with Gasteiger partial charge in [0.25, 0.3) is 0 Å². The second-order valence-corrected chi connectivity index (χ2v) is 8.32. The highest BCUT2D eigenvalue weighted by Crippen LogP contribution is 2.48. The van der Waals surface area contributed by atoms with E-state index in [-0.39, 0.29) is 11.4 Å². The van der Waals surface area contributed by atoms with Crippen molar-refractivity contribution in [1.29, 1.82) is 0 Å². The van der Waals surface area contributed by atoms with E-state index in [1.807, 2.05) is 48.0 Å². The standard InChI is InChI=1S/C25H25FN6O/c1-4-17-13-21(20-9-10-22(24(28-20)33-3)32-14-16(2)27-15-32)30-31-23(17)29-25(11-12-25)18-5-7-19(26)8-6-18/h5-10,13-15H,4,11-12H2,1-3H3,(H,29,31). The molecule has 4 aromatic rings. The first-order valence-electron chi connectivity index (χ1n) is 11.0. The molecule has 3 aromatic heterocycles. The largest absolute Gasteiger partial charge is 0.479 e. The van der Waals surface area contributed by atoms with Crippen LogP contribution in [-0.4, -0.2) is 31.8 Å². The summed E-state index contributed by atoms with van der Waals surface area (Å²) in [6, 6.07) is 12.5. The molecule has 1 N–H and O–H groups in total. The second kappa shape index (κ2) is 8.27. The van der Waals surface area contributed by atoms with Crippen molar-refractivity contribution in [3.63, 3.8) is 0 Å². The van der Waals surface area contributed by atoms with Gasteiger partial charge in [-0.3, -0.25) is 0 Å². The minimum absolute atomic E-state index is 0.208. The number of aromatic nitrogens is 5. The Morgan fingerprint density at radius 1 is 1.09 bits per heavy atom. The Kier molecular flexibility index (Phi) is 5.28. The van der Waals surface area contributed by atoms with Gasteiger partial charge in [-0.05, 0) is 67.6 Å². The number of benzene rings is 1. The highest BCUT2D eigenvalue weighted by Gasteiger charge is 2.45. The van der Waals surface area contributed by atoms with Gasteiger partial charge < -0.3 is 14.6 Å². The van der Waals surface area contributed by atoms with Crippen molar-refractivity contribution in [1.82, 2.24) is 24.7 Å². The van der Waals surface area contributed by atoms with Crippen LogP contribution in [0.2, 0.25) is 0 Å². The minimum atomic E-state index is -0.231. The highest BCUT2D eigenvalue weighted by atomic mass is 19.1. The van der Waals surface area contributed by atoms with E-state index in [9.17, 15) is 4.39 Å². The lowest BCUT2D eigenvalue weighted by Crippen LogP contribution is -2.21. The van der Waals surface area contributed by atoms with Crippen LogP contribution in [0.3, 0.4) is 0 Å². The van der Waals surface area contributed by atoms with Crippen LogP contribution in [0, 0.1) is 12.7 Å². The summed E-state index contributed by atoms with van der Waals surface area (Å²) in [4.78, 5) is 8.94. The molecule has 0 bridgehead atoms. The molecular formula is C25H25FN6O. The van der Waals surface area contributed by atoms with Gasteiger partial charge >= 0.3 is 0 Å². The first-order chi connectivity index (χ1) is 16.0. The lowest BCUT2D eigenvalue weighted by Gasteiger charge is -2.20. The van der Waals surface area contributed by atoms with Crippen molar-refractivity contribution in [3.8, 4) is 23.0 Å². The molecule has 1 aliphatic carbocycles. The number of imidazole rings is 1. The van der Waals surface area contributed by atoms with Gasteiger partial charge in [-0.1, -0.05) is 19.1 Å². The number of nitrogens with zero attached hydrogens (tertiary/aromatic N) is 5. The molecule has 0 aliphatic heterocycles. The van der Waals surface area contributed by atoms with Crippen molar-refractivity contribution in [2.24, 2.45) is 0 Å². The molecule has 0 atom stereocenters. The summed E-state index contributed by atoms with van der Waals surface area (Å²) in [7, 11) is 1.60. The average molecular weight is 445 g/mol. The van der Waals surface area contributed by atoms with Gasteiger partial charge in [0.1, 0.15) is 17.2 Å². The predicted molar refractivity (Wildman–Crippen MR) is 124 cm³/mol. The van der Waals surface area contributed by atoms with E-state index >= 15 is 0 Å². The van der Waals surface area contributed by atoms with Gasteiger partial charge in [-0.25, -0.2) is 14.4 Å². The van der Waals surface area contributed by atoms with E-state index < -0.39 is 0 Å². The summed E-state index contributed by atoms with van der Waals surface area (Å²) < 4.78 is 20.8. The zero-order chi connectivity index (χ0) is 23.0. The summed E-state index contributed by atoms with van der Waals surface area (Å²) in [6.45, 7) is 4.02. The fourth-order valence-electron chi connectivity index (χ4n) is 4.01. The molecule has 7 nitrogen and oxygen atoms in total. The normalized spacial score (nSPS) is 14.2. The molecule has 0 amide bonds. The Morgan fingerprint density at radius 3 is 2.52 bits per heavy atom. The second-order valence-electron chi connectivity index (χ2n) is 8.32. The first-order valence-corrected chi connectivity index (χ1v) is 11.0. The monoisotopic (exact) mass is 444 g/mol. The number of pyridine rings is 1. The number of aryl methyl sites for hydroxylation is 2. The summed E-state index contributed by atoms with van der Waals surface area (Å²) in [5.74, 6) is 1.01. The zero-order valence-corrected chi connectivity index (χ0v) is 18.8. The van der Waals surface area contributed by atoms with E-state index in [2.05, 4.69) is 32.4 Å². The Hall–Kier alpha value is -3.81. The molecule has 0 saturated heterocycles. The van der Waals surface area contributed by atoms with Gasteiger partial charge in [-0.15, -0.1) is 10.2 Å². The molecular weight excluding hydrogens is 419 g/mol. The van der Waals surface area contributed by atoms with Gasteiger partial charge in [-0.2, -0.15) is 0 Å². The van der Waals surface area contributed by atoms with Crippen LogP contribution in [0.15, 0.2) is 55.0 Å². The zero-order valence-electron chi connectivity index (χ0n) is 18.8.